The zero-order chi connectivity index (χ0) is 22.5. The number of carbonyl (C=O) groups excluding carboxylic acids is 2. The predicted octanol–water partition coefficient (Wildman–Crippen LogP) is 2.34. The SMILES string of the molecule is CSCC[C@@H](NC(=O)[C@H](Cc1ccc(N(CCCl)CCCl)cc1)NC(C)=O)C(=O)O. The number of rotatable bonds is 14. The first-order chi connectivity index (χ1) is 14.3. The van der Waals surface area contributed by atoms with Crippen LogP contribution in [0.5, 0.6) is 0 Å². The number of hydrogen-bond donors (Lipinski definition) is 3. The molecule has 1 aromatic rings. The van der Waals surface area contributed by atoms with Gasteiger partial charge in [0.15, 0.2) is 0 Å². The van der Waals surface area contributed by atoms with Crippen LogP contribution in [0.3, 0.4) is 0 Å². The smallest absolute Gasteiger partial charge is 0.326 e. The van der Waals surface area contributed by atoms with Crippen LogP contribution in [0.1, 0.15) is 18.9 Å². The van der Waals surface area contributed by atoms with Gasteiger partial charge in [0.2, 0.25) is 11.8 Å². The van der Waals surface area contributed by atoms with E-state index in [1.54, 1.807) is 0 Å². The molecule has 0 heterocycles. The van der Waals surface area contributed by atoms with Crippen LogP contribution in [-0.4, -0.2) is 71.8 Å². The van der Waals surface area contributed by atoms with Crippen molar-refractivity contribution in [3.8, 4) is 0 Å². The number of benzene rings is 1. The van der Waals surface area contributed by atoms with Crippen LogP contribution in [0.25, 0.3) is 0 Å². The summed E-state index contributed by atoms with van der Waals surface area (Å²) in [5, 5.41) is 14.5. The maximum Gasteiger partial charge on any atom is 0.326 e. The summed E-state index contributed by atoms with van der Waals surface area (Å²) in [4.78, 5) is 37.7. The molecular weight excluding hydrogens is 449 g/mol. The number of carbonyl (C=O) groups is 3. The Balaban J connectivity index is 2.89. The normalized spacial score (nSPS) is 12.7. The van der Waals surface area contributed by atoms with Gasteiger partial charge in [-0.1, -0.05) is 12.1 Å². The molecule has 0 aliphatic carbocycles. The van der Waals surface area contributed by atoms with Gasteiger partial charge in [-0.15, -0.1) is 23.2 Å². The van der Waals surface area contributed by atoms with Crippen molar-refractivity contribution in [1.82, 2.24) is 10.6 Å². The molecule has 0 bridgehead atoms. The van der Waals surface area contributed by atoms with Crippen LogP contribution in [0.15, 0.2) is 24.3 Å². The van der Waals surface area contributed by atoms with E-state index in [1.165, 1.54) is 18.7 Å². The summed E-state index contributed by atoms with van der Waals surface area (Å²) in [5.74, 6) is -0.422. The number of carboxylic acid groups (broad SMARTS) is 1. The Bertz CT molecular complexity index is 685. The van der Waals surface area contributed by atoms with Crippen LogP contribution < -0.4 is 15.5 Å². The maximum absolute atomic E-state index is 12.7. The third-order valence-corrected chi connectivity index (χ3v) is 5.35. The van der Waals surface area contributed by atoms with Gasteiger partial charge in [0.1, 0.15) is 12.1 Å². The number of carboxylic acids is 1. The number of aliphatic carboxylic acids is 1. The van der Waals surface area contributed by atoms with Crippen molar-refractivity contribution in [3.05, 3.63) is 29.8 Å². The Kier molecular flexibility index (Phi) is 12.7. The summed E-state index contributed by atoms with van der Waals surface area (Å²) >= 11 is 13.2. The van der Waals surface area contributed by atoms with Crippen LogP contribution in [0, 0.1) is 0 Å². The Morgan fingerprint density at radius 3 is 2.13 bits per heavy atom. The zero-order valence-electron chi connectivity index (χ0n) is 17.2. The molecule has 0 saturated carbocycles. The summed E-state index contributed by atoms with van der Waals surface area (Å²) in [7, 11) is 0. The van der Waals surface area contributed by atoms with Gasteiger partial charge in [-0.2, -0.15) is 11.8 Å². The number of alkyl halides is 2. The van der Waals surface area contributed by atoms with Crippen molar-refractivity contribution in [3.63, 3.8) is 0 Å². The van der Waals surface area contributed by atoms with Gasteiger partial charge >= 0.3 is 5.97 Å². The lowest BCUT2D eigenvalue weighted by molar-refractivity contribution is -0.142. The summed E-state index contributed by atoms with van der Waals surface area (Å²) in [5.41, 5.74) is 1.80. The predicted molar refractivity (Wildman–Crippen MR) is 124 cm³/mol. The minimum atomic E-state index is -1.10. The van der Waals surface area contributed by atoms with E-state index in [-0.39, 0.29) is 12.3 Å². The fraction of sp³-hybridized carbons (Fsp3) is 0.550. The molecule has 1 aromatic carbocycles. The Hall–Kier alpha value is -1.64. The number of anilines is 1. The van der Waals surface area contributed by atoms with E-state index < -0.39 is 24.0 Å². The van der Waals surface area contributed by atoms with E-state index in [0.29, 0.717) is 37.0 Å². The van der Waals surface area contributed by atoms with Crippen LogP contribution in [0.4, 0.5) is 5.69 Å². The average molecular weight is 478 g/mol. The van der Waals surface area contributed by atoms with Gasteiger partial charge in [-0.3, -0.25) is 9.59 Å². The first-order valence-electron chi connectivity index (χ1n) is 9.57. The topological polar surface area (TPSA) is 98.7 Å². The maximum atomic E-state index is 12.7. The molecule has 0 aromatic heterocycles. The molecule has 0 radical (unpaired) electrons. The molecule has 0 fully saturated rings. The molecule has 30 heavy (non-hydrogen) atoms. The molecule has 3 N–H and O–H groups in total. The van der Waals surface area contributed by atoms with E-state index in [1.807, 2.05) is 30.5 Å². The van der Waals surface area contributed by atoms with E-state index >= 15 is 0 Å². The molecule has 7 nitrogen and oxygen atoms in total. The quantitative estimate of drug-likeness (QED) is 0.355. The molecule has 0 unspecified atom stereocenters. The summed E-state index contributed by atoms with van der Waals surface area (Å²) in [6, 6.07) is 5.70. The highest BCUT2D eigenvalue weighted by atomic mass is 35.5. The largest absolute Gasteiger partial charge is 0.480 e. The second-order valence-corrected chi connectivity index (χ2v) is 8.41. The van der Waals surface area contributed by atoms with Crippen molar-refractivity contribution >= 4 is 58.4 Å². The van der Waals surface area contributed by atoms with Crippen LogP contribution in [-0.2, 0) is 20.8 Å². The second kappa shape index (κ2) is 14.4. The van der Waals surface area contributed by atoms with E-state index in [9.17, 15) is 19.5 Å². The molecule has 0 saturated heterocycles. The van der Waals surface area contributed by atoms with Crippen molar-refractivity contribution in [2.24, 2.45) is 0 Å². The van der Waals surface area contributed by atoms with Gasteiger partial charge in [0, 0.05) is 43.9 Å². The molecule has 2 amide bonds. The molecule has 0 aliphatic rings. The zero-order valence-corrected chi connectivity index (χ0v) is 19.5. The van der Waals surface area contributed by atoms with E-state index in [4.69, 9.17) is 23.2 Å². The highest BCUT2D eigenvalue weighted by Gasteiger charge is 2.26. The van der Waals surface area contributed by atoms with Gasteiger partial charge in [-0.25, -0.2) is 4.79 Å². The van der Waals surface area contributed by atoms with Crippen molar-refractivity contribution < 1.29 is 19.5 Å². The standard InChI is InChI=1S/C20H29Cl2N3O4S/c1-14(26)23-18(19(27)24-17(20(28)29)7-12-30-2)13-15-3-5-16(6-4-15)25(10-8-21)11-9-22/h3-6,17-18H,7-13H2,1-2H3,(H,23,26)(H,24,27)(H,28,29)/t17-,18+/m1/s1. The highest BCUT2D eigenvalue weighted by Crippen LogP contribution is 2.17. The lowest BCUT2D eigenvalue weighted by atomic mass is 10.0. The summed E-state index contributed by atoms with van der Waals surface area (Å²) < 4.78 is 0. The summed E-state index contributed by atoms with van der Waals surface area (Å²) in [6.07, 6.45) is 2.41. The number of hydrogen-bond acceptors (Lipinski definition) is 5. The minimum Gasteiger partial charge on any atom is -0.480 e. The molecule has 0 spiro atoms. The first-order valence-corrected chi connectivity index (χ1v) is 12.0. The third-order valence-electron chi connectivity index (χ3n) is 4.37. The Morgan fingerprint density at radius 1 is 1.07 bits per heavy atom. The minimum absolute atomic E-state index is 0.242. The van der Waals surface area contributed by atoms with Crippen molar-refractivity contribution in [2.45, 2.75) is 31.8 Å². The van der Waals surface area contributed by atoms with Gasteiger partial charge in [-0.05, 0) is 36.1 Å². The molecular formula is C20H29Cl2N3O4S. The average Bonchev–Trinajstić information content (AvgIpc) is 2.70. The van der Waals surface area contributed by atoms with E-state index in [0.717, 1.165) is 11.3 Å². The second-order valence-electron chi connectivity index (χ2n) is 6.67. The monoisotopic (exact) mass is 477 g/mol. The van der Waals surface area contributed by atoms with Crippen molar-refractivity contribution in [1.29, 1.82) is 0 Å². The first kappa shape index (κ1) is 26.4. The molecule has 168 valence electrons. The number of amides is 2. The fourth-order valence-electron chi connectivity index (χ4n) is 2.87. The van der Waals surface area contributed by atoms with E-state index in [2.05, 4.69) is 15.5 Å². The molecule has 2 atom stereocenters. The number of nitrogens with zero attached hydrogens (tertiary/aromatic N) is 1. The molecule has 1 rings (SSSR count). The lowest BCUT2D eigenvalue weighted by Gasteiger charge is -2.24. The van der Waals surface area contributed by atoms with Gasteiger partial charge in [0.05, 0.1) is 0 Å². The molecule has 10 heteroatoms. The van der Waals surface area contributed by atoms with Crippen LogP contribution >= 0.6 is 35.0 Å². The number of halogens is 2. The highest BCUT2D eigenvalue weighted by molar-refractivity contribution is 7.98. The van der Waals surface area contributed by atoms with Gasteiger partial charge in [0.25, 0.3) is 0 Å². The lowest BCUT2D eigenvalue weighted by Crippen LogP contribution is -2.52. The molecule has 0 aliphatic heterocycles. The summed E-state index contributed by atoms with van der Waals surface area (Å²) in [6.45, 7) is 2.65. The number of thioether (sulfide) groups is 1. The van der Waals surface area contributed by atoms with Crippen LogP contribution in [0.2, 0.25) is 0 Å². The fourth-order valence-corrected chi connectivity index (χ4v) is 3.75. The Morgan fingerprint density at radius 2 is 1.67 bits per heavy atom. The Labute approximate surface area is 191 Å². The van der Waals surface area contributed by atoms with Crippen molar-refractivity contribution in [2.75, 3.05) is 41.8 Å². The number of nitrogens with one attached hydrogen (secondary N) is 2. The van der Waals surface area contributed by atoms with Gasteiger partial charge < -0.3 is 20.6 Å². The third kappa shape index (κ3) is 9.45.